The monoisotopic (exact) mass is 426 g/mol. The van der Waals surface area contributed by atoms with Crippen LogP contribution in [0.2, 0.25) is 0 Å². The van der Waals surface area contributed by atoms with Gasteiger partial charge in [0.2, 0.25) is 0 Å². The third-order valence-corrected chi connectivity index (χ3v) is 6.43. The number of piperidine rings is 1. The lowest BCUT2D eigenvalue weighted by Crippen LogP contribution is -2.55. The molecule has 4 heterocycles. The Balaban J connectivity index is 1.39. The first-order valence-corrected chi connectivity index (χ1v) is 10.4. The molecule has 2 aliphatic rings. The fourth-order valence-electron chi connectivity index (χ4n) is 4.71. The first kappa shape index (κ1) is 19.9. The van der Waals surface area contributed by atoms with Crippen molar-refractivity contribution in [3.63, 3.8) is 0 Å². The predicted octanol–water partition coefficient (Wildman–Crippen LogP) is 3.06. The van der Waals surface area contributed by atoms with Crippen LogP contribution >= 0.6 is 0 Å². The molecule has 5 rings (SSSR count). The van der Waals surface area contributed by atoms with Crippen molar-refractivity contribution < 1.29 is 13.9 Å². The van der Waals surface area contributed by atoms with Crippen LogP contribution in [0, 0.1) is 5.82 Å². The summed E-state index contributed by atoms with van der Waals surface area (Å²) in [5.41, 5.74) is 1.42. The van der Waals surface area contributed by atoms with Gasteiger partial charge in [0.1, 0.15) is 23.6 Å². The quantitative estimate of drug-likeness (QED) is 0.668. The average molecular weight is 426 g/mol. The lowest BCUT2D eigenvalue weighted by molar-refractivity contribution is 0.176. The zero-order chi connectivity index (χ0) is 21.7. The van der Waals surface area contributed by atoms with Crippen LogP contribution in [-0.2, 0) is 7.05 Å². The molecule has 1 aromatic carbocycles. The molecule has 3 aromatic rings. The third-order valence-electron chi connectivity index (χ3n) is 6.43. The Morgan fingerprint density at radius 3 is 2.71 bits per heavy atom. The highest BCUT2D eigenvalue weighted by Crippen LogP contribution is 2.36. The number of aromatic nitrogens is 4. The summed E-state index contributed by atoms with van der Waals surface area (Å²) >= 11 is 0. The number of halogens is 2. The first-order chi connectivity index (χ1) is 14.9. The molecule has 7 nitrogen and oxygen atoms in total. The molecule has 0 amide bonds. The number of nitrogens with zero attached hydrogens (tertiary/aromatic N) is 5. The lowest BCUT2D eigenvalue weighted by atomic mass is 9.96. The number of anilines is 1. The van der Waals surface area contributed by atoms with Crippen LogP contribution in [-0.4, -0.2) is 56.2 Å². The molecule has 2 unspecified atom stereocenters. The molecule has 0 radical (unpaired) electrons. The SMILES string of the molecule is CN(c1cnc(-c2cc(F)c(-c3cnn(C)c3)cc2O)cn1)[C@H]1CC2CCC(N2)[C@H]1F. The molecule has 0 saturated carbocycles. The predicted molar refractivity (Wildman–Crippen MR) is 113 cm³/mol. The van der Waals surface area contributed by atoms with Crippen molar-refractivity contribution in [2.75, 3.05) is 11.9 Å². The molecule has 31 heavy (non-hydrogen) atoms. The summed E-state index contributed by atoms with van der Waals surface area (Å²) in [6.07, 6.45) is 7.84. The maximum absolute atomic E-state index is 14.9. The van der Waals surface area contributed by atoms with E-state index in [1.54, 1.807) is 24.1 Å². The van der Waals surface area contributed by atoms with Gasteiger partial charge in [0.15, 0.2) is 0 Å². The van der Waals surface area contributed by atoms with E-state index in [9.17, 15) is 13.9 Å². The maximum atomic E-state index is 14.9. The van der Waals surface area contributed by atoms with Gasteiger partial charge in [0, 0.05) is 49.1 Å². The zero-order valence-corrected chi connectivity index (χ0v) is 17.3. The molecule has 0 spiro atoms. The Bertz CT molecular complexity index is 1100. The van der Waals surface area contributed by atoms with E-state index < -0.39 is 12.0 Å². The van der Waals surface area contributed by atoms with Crippen molar-refractivity contribution in [3.05, 3.63) is 42.7 Å². The lowest BCUT2D eigenvalue weighted by Gasteiger charge is -2.38. The zero-order valence-electron chi connectivity index (χ0n) is 17.3. The highest BCUT2D eigenvalue weighted by molar-refractivity contribution is 5.74. The molecule has 0 aliphatic carbocycles. The van der Waals surface area contributed by atoms with Crippen molar-refractivity contribution in [1.29, 1.82) is 0 Å². The number of benzene rings is 1. The molecule has 2 saturated heterocycles. The number of aromatic hydroxyl groups is 1. The van der Waals surface area contributed by atoms with Crippen LogP contribution < -0.4 is 10.2 Å². The second kappa shape index (κ2) is 7.56. The van der Waals surface area contributed by atoms with E-state index in [2.05, 4.69) is 20.4 Å². The van der Waals surface area contributed by atoms with E-state index in [4.69, 9.17) is 0 Å². The smallest absolute Gasteiger partial charge is 0.147 e. The molecule has 2 aliphatic heterocycles. The van der Waals surface area contributed by atoms with E-state index in [0.717, 1.165) is 19.3 Å². The minimum atomic E-state index is -0.969. The largest absolute Gasteiger partial charge is 0.507 e. The van der Waals surface area contributed by atoms with E-state index >= 15 is 0 Å². The Morgan fingerprint density at radius 1 is 1.16 bits per heavy atom. The van der Waals surface area contributed by atoms with Gasteiger partial charge in [-0.05, 0) is 31.4 Å². The number of hydrogen-bond donors (Lipinski definition) is 2. The topological polar surface area (TPSA) is 79.1 Å². The number of aryl methyl sites for hydroxylation is 1. The van der Waals surface area contributed by atoms with Crippen LogP contribution in [0.4, 0.5) is 14.6 Å². The van der Waals surface area contributed by atoms with Gasteiger partial charge in [-0.25, -0.2) is 13.8 Å². The van der Waals surface area contributed by atoms with Gasteiger partial charge in [0.05, 0.1) is 30.3 Å². The molecule has 9 heteroatoms. The molecular weight excluding hydrogens is 402 g/mol. The fraction of sp³-hybridized carbons (Fsp3) is 0.409. The molecule has 2 fully saturated rings. The first-order valence-electron chi connectivity index (χ1n) is 10.4. The van der Waals surface area contributed by atoms with Gasteiger partial charge >= 0.3 is 0 Å². The molecule has 2 N–H and O–H groups in total. The number of nitrogens with one attached hydrogen (secondary N) is 1. The Kier molecular flexibility index (Phi) is 4.85. The highest BCUT2D eigenvalue weighted by Gasteiger charge is 2.43. The van der Waals surface area contributed by atoms with Gasteiger partial charge in [-0.2, -0.15) is 5.10 Å². The van der Waals surface area contributed by atoms with Gasteiger partial charge in [-0.3, -0.25) is 9.67 Å². The summed E-state index contributed by atoms with van der Waals surface area (Å²) in [5, 5.41) is 17.9. The summed E-state index contributed by atoms with van der Waals surface area (Å²) in [6.45, 7) is 0. The van der Waals surface area contributed by atoms with Crippen molar-refractivity contribution in [2.24, 2.45) is 7.05 Å². The van der Waals surface area contributed by atoms with Crippen LogP contribution in [0.5, 0.6) is 5.75 Å². The number of phenolic OH excluding ortho intramolecular Hbond substituents is 1. The van der Waals surface area contributed by atoms with E-state index in [1.807, 2.05) is 11.9 Å². The Labute approximate surface area is 178 Å². The molecular formula is C22H24F2N6O. The number of phenols is 1. The van der Waals surface area contributed by atoms with Gasteiger partial charge < -0.3 is 15.3 Å². The Morgan fingerprint density at radius 2 is 2.00 bits per heavy atom. The average Bonchev–Trinajstić information content (AvgIpc) is 3.38. The molecule has 4 atom stereocenters. The van der Waals surface area contributed by atoms with Crippen LogP contribution in [0.15, 0.2) is 36.9 Å². The van der Waals surface area contributed by atoms with E-state index in [0.29, 0.717) is 23.1 Å². The van der Waals surface area contributed by atoms with Gasteiger partial charge in [-0.15, -0.1) is 0 Å². The summed E-state index contributed by atoms with van der Waals surface area (Å²) in [5.74, 6) is -0.0479. The molecule has 2 bridgehead atoms. The normalized spacial score (nSPS) is 25.0. The Hall–Kier alpha value is -3.07. The van der Waals surface area contributed by atoms with Crippen molar-refractivity contribution >= 4 is 5.82 Å². The fourth-order valence-corrected chi connectivity index (χ4v) is 4.71. The second-order valence-corrected chi connectivity index (χ2v) is 8.42. The van der Waals surface area contributed by atoms with Gasteiger partial charge in [0.25, 0.3) is 0 Å². The number of fused-ring (bicyclic) bond motifs is 2. The van der Waals surface area contributed by atoms with Crippen LogP contribution in [0.3, 0.4) is 0 Å². The highest BCUT2D eigenvalue weighted by atomic mass is 19.1. The maximum Gasteiger partial charge on any atom is 0.147 e. The molecule has 2 aromatic heterocycles. The van der Waals surface area contributed by atoms with Crippen molar-refractivity contribution in [2.45, 2.75) is 43.6 Å². The third kappa shape index (κ3) is 3.52. The number of alkyl halides is 1. The summed E-state index contributed by atoms with van der Waals surface area (Å²) < 4.78 is 31.2. The standard InChI is InChI=1S/C22H24F2N6O/c1-29-11-12(8-27-29)14-7-20(31)15(6-16(14)23)18-9-26-21(10-25-18)30(2)19-5-13-3-4-17(28-13)22(19)24/h6-11,13,17,19,22,28,31H,3-5H2,1-2H3/t13?,17?,19-,22+/m0/s1. The second-order valence-electron chi connectivity index (χ2n) is 8.42. The number of rotatable bonds is 4. The minimum Gasteiger partial charge on any atom is -0.507 e. The van der Waals surface area contributed by atoms with Crippen LogP contribution in [0.25, 0.3) is 22.4 Å². The number of hydrogen-bond acceptors (Lipinski definition) is 6. The van der Waals surface area contributed by atoms with E-state index in [-0.39, 0.29) is 29.0 Å². The van der Waals surface area contributed by atoms with Crippen molar-refractivity contribution in [1.82, 2.24) is 25.1 Å². The minimum absolute atomic E-state index is 0.100. The van der Waals surface area contributed by atoms with Crippen LogP contribution in [0.1, 0.15) is 19.3 Å². The summed E-state index contributed by atoms with van der Waals surface area (Å²) in [6, 6.07) is 2.59. The van der Waals surface area contributed by atoms with Crippen molar-refractivity contribution in [3.8, 4) is 28.1 Å². The van der Waals surface area contributed by atoms with E-state index in [1.165, 1.54) is 24.5 Å². The summed E-state index contributed by atoms with van der Waals surface area (Å²) in [4.78, 5) is 10.6. The van der Waals surface area contributed by atoms with Gasteiger partial charge in [-0.1, -0.05) is 0 Å². The summed E-state index contributed by atoms with van der Waals surface area (Å²) in [7, 11) is 3.56. The molecule has 162 valence electrons.